The van der Waals surface area contributed by atoms with E-state index in [2.05, 4.69) is 26.3 Å². The number of nitrogens with zero attached hydrogens (tertiary/aromatic N) is 2. The minimum atomic E-state index is -0.444. The molecule has 0 aliphatic rings. The Kier molecular flexibility index (Phi) is 4.43. The Labute approximate surface area is 163 Å². The number of amides is 1. The van der Waals surface area contributed by atoms with Gasteiger partial charge in [-0.05, 0) is 29.8 Å². The first-order valence-electron chi connectivity index (χ1n) is 9.21. The molecule has 4 rings (SSSR count). The van der Waals surface area contributed by atoms with Crippen molar-refractivity contribution in [3.05, 3.63) is 67.3 Å². The molecule has 5 heteroatoms. The van der Waals surface area contributed by atoms with E-state index in [0.29, 0.717) is 0 Å². The van der Waals surface area contributed by atoms with Gasteiger partial charge in [-0.1, -0.05) is 39.0 Å². The van der Waals surface area contributed by atoms with Crippen LogP contribution in [-0.4, -0.2) is 20.9 Å². The van der Waals surface area contributed by atoms with Crippen LogP contribution in [0.25, 0.3) is 33.3 Å². The van der Waals surface area contributed by atoms with Gasteiger partial charge in [0.05, 0.1) is 0 Å². The van der Waals surface area contributed by atoms with Crippen LogP contribution in [0.4, 0.5) is 5.69 Å². The number of anilines is 1. The lowest BCUT2D eigenvalue weighted by Gasteiger charge is -2.18. The zero-order chi connectivity index (χ0) is 19.7. The summed E-state index contributed by atoms with van der Waals surface area (Å²) in [7, 11) is 0. The molecule has 0 radical (unpaired) electrons. The molecular formula is C23H22N4O. The number of H-pyrrole nitrogens is 1. The Hall–Kier alpha value is -3.47. The average Bonchev–Trinajstić information content (AvgIpc) is 3.11. The number of benzene rings is 1. The predicted molar refractivity (Wildman–Crippen MR) is 113 cm³/mol. The molecule has 0 saturated heterocycles. The van der Waals surface area contributed by atoms with Crippen LogP contribution in [0.3, 0.4) is 0 Å². The van der Waals surface area contributed by atoms with Crippen LogP contribution < -0.4 is 5.32 Å². The van der Waals surface area contributed by atoms with Crippen molar-refractivity contribution in [2.45, 2.75) is 20.8 Å². The van der Waals surface area contributed by atoms with Crippen molar-refractivity contribution in [2.24, 2.45) is 5.41 Å². The van der Waals surface area contributed by atoms with Crippen LogP contribution in [0.5, 0.6) is 0 Å². The van der Waals surface area contributed by atoms with Crippen molar-refractivity contribution >= 4 is 22.6 Å². The number of aromatic nitrogens is 3. The summed E-state index contributed by atoms with van der Waals surface area (Å²) in [5, 5.41) is 4.02. The SMILES string of the molecule is CC(C)(C)C(=O)Nc1cccc(-c2cnc3[nH]cc(-c4cccnc4)c3c2)c1. The van der Waals surface area contributed by atoms with Crippen LogP contribution >= 0.6 is 0 Å². The van der Waals surface area contributed by atoms with Crippen LogP contribution in [-0.2, 0) is 4.79 Å². The Bertz CT molecular complexity index is 1140. The molecule has 0 fully saturated rings. The molecule has 0 unspecified atom stereocenters. The first kappa shape index (κ1) is 17.9. The van der Waals surface area contributed by atoms with Gasteiger partial charge >= 0.3 is 0 Å². The molecule has 4 aromatic rings. The van der Waals surface area contributed by atoms with Gasteiger partial charge in [0.1, 0.15) is 5.65 Å². The number of hydrogen-bond donors (Lipinski definition) is 2. The van der Waals surface area contributed by atoms with E-state index in [4.69, 9.17) is 0 Å². The third-order valence-electron chi connectivity index (χ3n) is 4.64. The summed E-state index contributed by atoms with van der Waals surface area (Å²) in [6.07, 6.45) is 7.41. The van der Waals surface area contributed by atoms with E-state index in [1.54, 1.807) is 6.20 Å². The summed E-state index contributed by atoms with van der Waals surface area (Å²) < 4.78 is 0. The van der Waals surface area contributed by atoms with Gasteiger partial charge in [0, 0.05) is 58.0 Å². The molecule has 140 valence electrons. The molecule has 0 bridgehead atoms. The molecule has 1 amide bonds. The summed E-state index contributed by atoms with van der Waals surface area (Å²) in [6.45, 7) is 5.70. The van der Waals surface area contributed by atoms with E-state index in [1.165, 1.54) is 0 Å². The lowest BCUT2D eigenvalue weighted by atomic mass is 9.95. The Balaban J connectivity index is 1.72. The fourth-order valence-corrected chi connectivity index (χ4v) is 3.02. The molecule has 28 heavy (non-hydrogen) atoms. The highest BCUT2D eigenvalue weighted by Crippen LogP contribution is 2.31. The lowest BCUT2D eigenvalue weighted by Crippen LogP contribution is -2.27. The zero-order valence-electron chi connectivity index (χ0n) is 16.2. The molecule has 0 atom stereocenters. The first-order chi connectivity index (χ1) is 13.4. The molecule has 0 aliphatic carbocycles. The van der Waals surface area contributed by atoms with Crippen LogP contribution in [0.1, 0.15) is 20.8 Å². The van der Waals surface area contributed by atoms with E-state index >= 15 is 0 Å². The smallest absolute Gasteiger partial charge is 0.229 e. The highest BCUT2D eigenvalue weighted by molar-refractivity contribution is 5.97. The molecule has 3 heterocycles. The predicted octanol–water partition coefficient (Wildman–Crippen LogP) is 5.28. The zero-order valence-corrected chi connectivity index (χ0v) is 16.2. The van der Waals surface area contributed by atoms with Crippen LogP contribution in [0, 0.1) is 5.41 Å². The average molecular weight is 370 g/mol. The van der Waals surface area contributed by atoms with Crippen molar-refractivity contribution < 1.29 is 4.79 Å². The number of hydrogen-bond acceptors (Lipinski definition) is 3. The lowest BCUT2D eigenvalue weighted by molar-refractivity contribution is -0.123. The molecule has 1 aromatic carbocycles. The summed E-state index contributed by atoms with van der Waals surface area (Å²) in [6, 6.07) is 13.9. The van der Waals surface area contributed by atoms with E-state index in [0.717, 1.165) is 39.0 Å². The number of carbonyl (C=O) groups excluding carboxylic acids is 1. The van der Waals surface area contributed by atoms with Gasteiger partial charge in [0.25, 0.3) is 0 Å². The van der Waals surface area contributed by atoms with Crippen LogP contribution in [0.15, 0.2) is 67.3 Å². The second-order valence-corrected chi connectivity index (χ2v) is 7.85. The van der Waals surface area contributed by atoms with Gasteiger partial charge in [-0.15, -0.1) is 0 Å². The number of nitrogens with one attached hydrogen (secondary N) is 2. The maximum absolute atomic E-state index is 12.3. The van der Waals surface area contributed by atoms with E-state index < -0.39 is 5.41 Å². The van der Waals surface area contributed by atoms with E-state index in [1.807, 2.05) is 75.8 Å². The third kappa shape index (κ3) is 3.51. The molecule has 0 aliphatic heterocycles. The van der Waals surface area contributed by atoms with Crippen LogP contribution in [0.2, 0.25) is 0 Å². The van der Waals surface area contributed by atoms with Crippen molar-refractivity contribution in [1.29, 1.82) is 0 Å². The van der Waals surface area contributed by atoms with E-state index in [-0.39, 0.29) is 5.91 Å². The summed E-state index contributed by atoms with van der Waals surface area (Å²) in [5.74, 6) is -0.0114. The molecule has 3 aromatic heterocycles. The Morgan fingerprint density at radius 3 is 2.57 bits per heavy atom. The molecule has 0 saturated carbocycles. The fraction of sp³-hybridized carbons (Fsp3) is 0.174. The second kappa shape index (κ2) is 6.93. The van der Waals surface area contributed by atoms with Gasteiger partial charge in [0.2, 0.25) is 5.91 Å². The molecule has 0 spiro atoms. The van der Waals surface area contributed by atoms with Gasteiger partial charge in [0.15, 0.2) is 0 Å². The summed E-state index contributed by atoms with van der Waals surface area (Å²) in [5.41, 5.74) is 5.26. The first-order valence-corrected chi connectivity index (χ1v) is 9.21. The minimum absolute atomic E-state index is 0.0114. The quantitative estimate of drug-likeness (QED) is 0.516. The standard InChI is InChI=1S/C23H22N4O/c1-23(2,3)22(28)27-18-8-4-6-15(10-18)17-11-19-20(14-26-21(19)25-13-17)16-7-5-9-24-12-16/h4-14H,1-3H3,(H,25,26)(H,27,28). The summed E-state index contributed by atoms with van der Waals surface area (Å²) in [4.78, 5) is 24.3. The van der Waals surface area contributed by atoms with Crippen molar-refractivity contribution in [2.75, 3.05) is 5.32 Å². The number of fused-ring (bicyclic) bond motifs is 1. The second-order valence-electron chi connectivity index (χ2n) is 7.85. The normalized spacial score (nSPS) is 11.5. The maximum Gasteiger partial charge on any atom is 0.229 e. The molecular weight excluding hydrogens is 348 g/mol. The van der Waals surface area contributed by atoms with Crippen molar-refractivity contribution in [3.8, 4) is 22.3 Å². The fourth-order valence-electron chi connectivity index (χ4n) is 3.02. The van der Waals surface area contributed by atoms with Gasteiger partial charge < -0.3 is 10.3 Å². The maximum atomic E-state index is 12.3. The Morgan fingerprint density at radius 1 is 1.00 bits per heavy atom. The van der Waals surface area contributed by atoms with Gasteiger partial charge in [-0.3, -0.25) is 9.78 Å². The highest BCUT2D eigenvalue weighted by atomic mass is 16.2. The van der Waals surface area contributed by atoms with Gasteiger partial charge in [-0.25, -0.2) is 4.98 Å². The number of pyridine rings is 2. The molecule has 5 nitrogen and oxygen atoms in total. The number of aromatic amines is 1. The topological polar surface area (TPSA) is 70.7 Å². The van der Waals surface area contributed by atoms with Gasteiger partial charge in [-0.2, -0.15) is 0 Å². The number of rotatable bonds is 3. The number of carbonyl (C=O) groups is 1. The van der Waals surface area contributed by atoms with E-state index in [9.17, 15) is 4.79 Å². The Morgan fingerprint density at radius 2 is 1.82 bits per heavy atom. The highest BCUT2D eigenvalue weighted by Gasteiger charge is 2.21. The molecule has 2 N–H and O–H groups in total. The minimum Gasteiger partial charge on any atom is -0.346 e. The van der Waals surface area contributed by atoms with Crippen molar-refractivity contribution in [1.82, 2.24) is 15.0 Å². The summed E-state index contributed by atoms with van der Waals surface area (Å²) >= 11 is 0. The monoisotopic (exact) mass is 370 g/mol. The largest absolute Gasteiger partial charge is 0.346 e. The third-order valence-corrected chi connectivity index (χ3v) is 4.64. The van der Waals surface area contributed by atoms with Crippen molar-refractivity contribution in [3.63, 3.8) is 0 Å².